The molecule has 19 heavy (non-hydrogen) atoms. The van der Waals surface area contributed by atoms with Crippen LogP contribution >= 0.6 is 15.9 Å². The first-order valence-corrected chi connectivity index (χ1v) is 7.60. The summed E-state index contributed by atoms with van der Waals surface area (Å²) in [5.74, 6) is 1.42. The highest BCUT2D eigenvalue weighted by molar-refractivity contribution is 9.10. The molecule has 5 nitrogen and oxygen atoms in total. The van der Waals surface area contributed by atoms with E-state index in [0.717, 1.165) is 31.9 Å². The van der Waals surface area contributed by atoms with Crippen molar-refractivity contribution < 1.29 is 0 Å². The topological polar surface area (TPSA) is 50.2 Å². The van der Waals surface area contributed by atoms with E-state index in [4.69, 9.17) is 0 Å². The van der Waals surface area contributed by atoms with Gasteiger partial charge in [-0.1, -0.05) is 0 Å². The first-order valence-electron chi connectivity index (χ1n) is 6.81. The van der Waals surface area contributed by atoms with Gasteiger partial charge in [0.05, 0.1) is 17.9 Å². The Balaban J connectivity index is 1.90. The van der Waals surface area contributed by atoms with Gasteiger partial charge in [0.1, 0.15) is 4.47 Å². The van der Waals surface area contributed by atoms with Crippen molar-refractivity contribution in [1.29, 1.82) is 0 Å². The predicted octanol–water partition coefficient (Wildman–Crippen LogP) is 1.24. The molecule has 2 unspecified atom stereocenters. The van der Waals surface area contributed by atoms with E-state index in [0.29, 0.717) is 16.3 Å². The maximum atomic E-state index is 12.2. The lowest BCUT2D eigenvalue weighted by Gasteiger charge is -2.21. The quantitative estimate of drug-likeness (QED) is 0.888. The van der Waals surface area contributed by atoms with E-state index in [1.165, 1.54) is 4.68 Å². The summed E-state index contributed by atoms with van der Waals surface area (Å²) in [5, 5.41) is 7.72. The zero-order chi connectivity index (χ0) is 13.6. The van der Waals surface area contributed by atoms with Gasteiger partial charge < -0.3 is 10.2 Å². The van der Waals surface area contributed by atoms with Gasteiger partial charge in [-0.25, -0.2) is 4.68 Å². The summed E-state index contributed by atoms with van der Waals surface area (Å²) >= 11 is 3.46. The summed E-state index contributed by atoms with van der Waals surface area (Å²) in [6.45, 7) is 8.15. The lowest BCUT2D eigenvalue weighted by atomic mass is 10.0. The van der Waals surface area contributed by atoms with Crippen LogP contribution in [0, 0.1) is 11.8 Å². The van der Waals surface area contributed by atoms with Gasteiger partial charge in [-0.15, -0.1) is 0 Å². The standard InChI is InChI=1S/C13H19BrN4O/c1-8(2)18-13(19)12(14)11(5-16-18)17-6-9-3-15-4-10(9)7-17/h5,8-10,15H,3-4,6-7H2,1-2H3. The molecule has 0 radical (unpaired) electrons. The van der Waals surface area contributed by atoms with Crippen LogP contribution in [0.4, 0.5) is 5.69 Å². The van der Waals surface area contributed by atoms with Gasteiger partial charge >= 0.3 is 0 Å². The fourth-order valence-electron chi connectivity index (χ4n) is 3.08. The van der Waals surface area contributed by atoms with Crippen LogP contribution in [0.15, 0.2) is 15.5 Å². The number of nitrogens with one attached hydrogen (secondary N) is 1. The molecule has 2 aliphatic rings. The zero-order valence-electron chi connectivity index (χ0n) is 11.3. The molecule has 0 aromatic carbocycles. The Morgan fingerprint density at radius 1 is 1.37 bits per heavy atom. The monoisotopic (exact) mass is 326 g/mol. The highest BCUT2D eigenvalue weighted by Gasteiger charge is 2.37. The third kappa shape index (κ3) is 2.21. The molecule has 2 saturated heterocycles. The summed E-state index contributed by atoms with van der Waals surface area (Å²) in [6.07, 6.45) is 1.82. The minimum Gasteiger partial charge on any atom is -0.368 e. The average Bonchev–Trinajstić information content (AvgIpc) is 2.92. The van der Waals surface area contributed by atoms with E-state index >= 15 is 0 Å². The molecule has 2 aliphatic heterocycles. The molecule has 0 bridgehead atoms. The summed E-state index contributed by atoms with van der Waals surface area (Å²) in [6, 6.07) is 0.0833. The second kappa shape index (κ2) is 4.90. The fourth-order valence-corrected chi connectivity index (χ4v) is 3.61. The molecule has 2 atom stereocenters. The van der Waals surface area contributed by atoms with E-state index < -0.39 is 0 Å². The Morgan fingerprint density at radius 3 is 2.58 bits per heavy atom. The summed E-state index contributed by atoms with van der Waals surface area (Å²) in [5.41, 5.74) is 0.902. The van der Waals surface area contributed by atoms with Crippen molar-refractivity contribution >= 4 is 21.6 Å². The van der Waals surface area contributed by atoms with Crippen LogP contribution in [0.2, 0.25) is 0 Å². The number of nitrogens with zero attached hydrogens (tertiary/aromatic N) is 3. The van der Waals surface area contributed by atoms with Crippen molar-refractivity contribution in [2.24, 2.45) is 11.8 Å². The van der Waals surface area contributed by atoms with Crippen LogP contribution < -0.4 is 15.8 Å². The first kappa shape index (κ1) is 13.1. The Morgan fingerprint density at radius 2 is 2.00 bits per heavy atom. The van der Waals surface area contributed by atoms with Crippen molar-refractivity contribution in [3.8, 4) is 0 Å². The van der Waals surface area contributed by atoms with Crippen LogP contribution in [0.1, 0.15) is 19.9 Å². The zero-order valence-corrected chi connectivity index (χ0v) is 12.9. The number of halogens is 1. The molecule has 0 spiro atoms. The molecule has 1 aromatic heterocycles. The largest absolute Gasteiger partial charge is 0.368 e. The SMILES string of the molecule is CC(C)n1ncc(N2CC3CNCC3C2)c(Br)c1=O. The number of fused-ring (bicyclic) bond motifs is 1. The van der Waals surface area contributed by atoms with Crippen molar-refractivity contribution in [3.05, 3.63) is 21.0 Å². The number of hydrogen-bond donors (Lipinski definition) is 1. The summed E-state index contributed by atoms with van der Waals surface area (Å²) < 4.78 is 2.16. The smallest absolute Gasteiger partial charge is 0.283 e. The highest BCUT2D eigenvalue weighted by atomic mass is 79.9. The van der Waals surface area contributed by atoms with Crippen molar-refractivity contribution in [2.45, 2.75) is 19.9 Å². The Bertz CT molecular complexity index is 530. The molecular formula is C13H19BrN4O. The van der Waals surface area contributed by atoms with Gasteiger partial charge in [-0.05, 0) is 41.6 Å². The molecule has 1 aromatic rings. The molecule has 104 valence electrons. The molecular weight excluding hydrogens is 308 g/mol. The second-order valence-electron chi connectivity index (χ2n) is 5.77. The molecule has 3 heterocycles. The van der Waals surface area contributed by atoms with Gasteiger partial charge in [0.25, 0.3) is 5.56 Å². The van der Waals surface area contributed by atoms with Gasteiger partial charge in [-0.2, -0.15) is 5.10 Å². The maximum Gasteiger partial charge on any atom is 0.283 e. The van der Waals surface area contributed by atoms with E-state index in [-0.39, 0.29) is 11.6 Å². The Kier molecular flexibility index (Phi) is 3.39. The van der Waals surface area contributed by atoms with E-state index in [1.807, 2.05) is 20.0 Å². The fraction of sp³-hybridized carbons (Fsp3) is 0.692. The minimum atomic E-state index is -0.0392. The Labute approximate surface area is 121 Å². The average molecular weight is 327 g/mol. The van der Waals surface area contributed by atoms with Gasteiger partial charge in [0.2, 0.25) is 0 Å². The van der Waals surface area contributed by atoms with Crippen molar-refractivity contribution in [2.75, 3.05) is 31.1 Å². The highest BCUT2D eigenvalue weighted by Crippen LogP contribution is 2.32. The van der Waals surface area contributed by atoms with Gasteiger partial charge in [0, 0.05) is 26.2 Å². The molecule has 0 amide bonds. The van der Waals surface area contributed by atoms with Crippen LogP contribution in [0.5, 0.6) is 0 Å². The predicted molar refractivity (Wildman–Crippen MR) is 78.6 cm³/mol. The molecule has 6 heteroatoms. The van der Waals surface area contributed by atoms with E-state index in [2.05, 4.69) is 31.2 Å². The number of anilines is 1. The number of rotatable bonds is 2. The molecule has 0 aliphatic carbocycles. The minimum absolute atomic E-state index is 0.0392. The number of aromatic nitrogens is 2. The van der Waals surface area contributed by atoms with Gasteiger partial charge in [0.15, 0.2) is 0 Å². The van der Waals surface area contributed by atoms with Gasteiger partial charge in [-0.3, -0.25) is 4.79 Å². The Hall–Kier alpha value is -0.880. The molecule has 2 fully saturated rings. The van der Waals surface area contributed by atoms with Crippen molar-refractivity contribution in [3.63, 3.8) is 0 Å². The molecule has 3 rings (SSSR count). The van der Waals surface area contributed by atoms with E-state index in [9.17, 15) is 4.79 Å². The van der Waals surface area contributed by atoms with Crippen LogP contribution in [0.25, 0.3) is 0 Å². The third-order valence-corrected chi connectivity index (χ3v) is 4.89. The summed E-state index contributed by atoms with van der Waals surface area (Å²) in [7, 11) is 0. The van der Waals surface area contributed by atoms with E-state index in [1.54, 1.807) is 0 Å². The third-order valence-electron chi connectivity index (χ3n) is 4.14. The van der Waals surface area contributed by atoms with Crippen LogP contribution in [-0.4, -0.2) is 36.0 Å². The summed E-state index contributed by atoms with van der Waals surface area (Å²) in [4.78, 5) is 14.5. The second-order valence-corrected chi connectivity index (χ2v) is 6.56. The lowest BCUT2D eigenvalue weighted by Crippen LogP contribution is -2.31. The lowest BCUT2D eigenvalue weighted by molar-refractivity contribution is 0.500. The van der Waals surface area contributed by atoms with Crippen LogP contribution in [-0.2, 0) is 0 Å². The molecule has 1 N–H and O–H groups in total. The maximum absolute atomic E-state index is 12.2. The number of hydrogen-bond acceptors (Lipinski definition) is 4. The molecule has 0 saturated carbocycles. The first-order chi connectivity index (χ1) is 9.08. The van der Waals surface area contributed by atoms with Crippen molar-refractivity contribution in [1.82, 2.24) is 15.1 Å². The normalized spacial score (nSPS) is 26.2. The van der Waals surface area contributed by atoms with Crippen LogP contribution in [0.3, 0.4) is 0 Å².